The van der Waals surface area contributed by atoms with Gasteiger partial charge in [0.2, 0.25) is 11.8 Å². The molecule has 0 bridgehead atoms. The van der Waals surface area contributed by atoms with Crippen LogP contribution in [0, 0.1) is 18.8 Å². The summed E-state index contributed by atoms with van der Waals surface area (Å²) in [6.07, 6.45) is 1.44. The molecule has 6 nitrogen and oxygen atoms in total. The van der Waals surface area contributed by atoms with Gasteiger partial charge in [-0.2, -0.15) is 0 Å². The fraction of sp³-hybridized carbons (Fsp3) is 0.417. The van der Waals surface area contributed by atoms with Crippen molar-refractivity contribution in [2.45, 2.75) is 45.2 Å². The quantitative estimate of drug-likeness (QED) is 0.639. The summed E-state index contributed by atoms with van der Waals surface area (Å²) < 4.78 is 5.38. The summed E-state index contributed by atoms with van der Waals surface area (Å²) in [5.74, 6) is -0.0393. The van der Waals surface area contributed by atoms with E-state index < -0.39 is 11.5 Å². The lowest BCUT2D eigenvalue weighted by molar-refractivity contribution is -0.130. The van der Waals surface area contributed by atoms with Crippen molar-refractivity contribution < 1.29 is 14.3 Å². The van der Waals surface area contributed by atoms with E-state index in [1.807, 2.05) is 25.1 Å². The SMILES string of the molecule is COc1ccc(Cl)cc1NC(=O)[C@H]1C[C@H](CC(C)C)N[C@]12C(=O)Nc1c(C)cccc12. The number of fused-ring (bicyclic) bond motifs is 2. The van der Waals surface area contributed by atoms with E-state index in [1.54, 1.807) is 25.3 Å². The van der Waals surface area contributed by atoms with Gasteiger partial charge in [0, 0.05) is 22.3 Å². The number of para-hydroxylation sites is 1. The Bertz CT molecular complexity index is 1040. The van der Waals surface area contributed by atoms with Crippen molar-refractivity contribution >= 4 is 34.8 Å². The Balaban J connectivity index is 1.75. The first-order valence-electron chi connectivity index (χ1n) is 10.6. The van der Waals surface area contributed by atoms with Gasteiger partial charge in [-0.15, -0.1) is 0 Å². The maximum Gasteiger partial charge on any atom is 0.250 e. The molecular weight excluding hydrogens is 414 g/mol. The number of methoxy groups -OCH3 is 1. The van der Waals surface area contributed by atoms with Crippen molar-refractivity contribution in [3.05, 3.63) is 52.5 Å². The average molecular weight is 442 g/mol. The van der Waals surface area contributed by atoms with Crippen LogP contribution in [0.15, 0.2) is 36.4 Å². The number of anilines is 2. The monoisotopic (exact) mass is 441 g/mol. The number of nitrogens with one attached hydrogen (secondary N) is 3. The number of hydrogen-bond donors (Lipinski definition) is 3. The van der Waals surface area contributed by atoms with Gasteiger partial charge < -0.3 is 15.4 Å². The van der Waals surface area contributed by atoms with Crippen LogP contribution in [-0.4, -0.2) is 25.0 Å². The molecule has 4 rings (SSSR count). The van der Waals surface area contributed by atoms with Gasteiger partial charge in [-0.05, 0) is 49.4 Å². The van der Waals surface area contributed by atoms with E-state index in [1.165, 1.54) is 0 Å². The molecule has 0 aliphatic carbocycles. The molecule has 2 aromatic rings. The van der Waals surface area contributed by atoms with Gasteiger partial charge in [0.15, 0.2) is 0 Å². The van der Waals surface area contributed by atoms with Crippen LogP contribution in [0.25, 0.3) is 0 Å². The molecule has 1 fully saturated rings. The zero-order chi connectivity index (χ0) is 22.3. The molecule has 0 radical (unpaired) electrons. The van der Waals surface area contributed by atoms with Crippen molar-refractivity contribution in [2.24, 2.45) is 11.8 Å². The second kappa shape index (κ2) is 8.17. The number of carbonyl (C=O) groups is 2. The predicted octanol–water partition coefficient (Wildman–Crippen LogP) is 4.47. The summed E-state index contributed by atoms with van der Waals surface area (Å²) in [6, 6.07) is 11.0. The molecule has 1 saturated heterocycles. The van der Waals surface area contributed by atoms with Gasteiger partial charge in [-0.3, -0.25) is 14.9 Å². The Labute approximate surface area is 187 Å². The highest BCUT2D eigenvalue weighted by Gasteiger charge is 2.60. The summed E-state index contributed by atoms with van der Waals surface area (Å²) in [5, 5.41) is 10.0. The molecule has 2 aliphatic heterocycles. The van der Waals surface area contributed by atoms with Gasteiger partial charge in [0.1, 0.15) is 11.3 Å². The number of carbonyl (C=O) groups excluding carboxylic acids is 2. The Morgan fingerprint density at radius 1 is 1.32 bits per heavy atom. The largest absolute Gasteiger partial charge is 0.495 e. The van der Waals surface area contributed by atoms with E-state index in [0.29, 0.717) is 28.8 Å². The Morgan fingerprint density at radius 2 is 2.10 bits per heavy atom. The first-order chi connectivity index (χ1) is 14.8. The van der Waals surface area contributed by atoms with E-state index in [9.17, 15) is 9.59 Å². The van der Waals surface area contributed by atoms with Crippen LogP contribution in [-0.2, 0) is 15.1 Å². The zero-order valence-electron chi connectivity index (χ0n) is 18.2. The summed E-state index contributed by atoms with van der Waals surface area (Å²) >= 11 is 6.14. The maximum absolute atomic E-state index is 13.6. The van der Waals surface area contributed by atoms with Crippen LogP contribution in [0.4, 0.5) is 11.4 Å². The van der Waals surface area contributed by atoms with Crippen LogP contribution in [0.3, 0.4) is 0 Å². The third kappa shape index (κ3) is 3.68. The van der Waals surface area contributed by atoms with Gasteiger partial charge >= 0.3 is 0 Å². The number of aryl methyl sites for hydroxylation is 1. The highest BCUT2D eigenvalue weighted by molar-refractivity contribution is 6.31. The molecule has 1 spiro atoms. The second-order valence-corrected chi connectivity index (χ2v) is 9.29. The van der Waals surface area contributed by atoms with Crippen LogP contribution in [0.2, 0.25) is 5.02 Å². The minimum Gasteiger partial charge on any atom is -0.495 e. The highest BCUT2D eigenvalue weighted by atomic mass is 35.5. The Morgan fingerprint density at radius 3 is 2.81 bits per heavy atom. The van der Waals surface area contributed by atoms with E-state index >= 15 is 0 Å². The van der Waals surface area contributed by atoms with E-state index in [4.69, 9.17) is 16.3 Å². The molecule has 2 aromatic carbocycles. The van der Waals surface area contributed by atoms with Crippen LogP contribution in [0.1, 0.15) is 37.8 Å². The van der Waals surface area contributed by atoms with Gasteiger partial charge in [-0.1, -0.05) is 43.6 Å². The van der Waals surface area contributed by atoms with Crippen molar-refractivity contribution in [3.8, 4) is 5.75 Å². The van der Waals surface area contributed by atoms with Gasteiger partial charge in [0.25, 0.3) is 0 Å². The highest BCUT2D eigenvalue weighted by Crippen LogP contribution is 2.49. The minimum atomic E-state index is -1.10. The number of ether oxygens (including phenoxy) is 1. The fourth-order valence-electron chi connectivity index (χ4n) is 4.95. The van der Waals surface area contributed by atoms with Crippen molar-refractivity contribution in [1.29, 1.82) is 0 Å². The summed E-state index contributed by atoms with van der Waals surface area (Å²) in [7, 11) is 1.54. The molecule has 2 amide bonds. The lowest BCUT2D eigenvalue weighted by atomic mass is 9.79. The second-order valence-electron chi connectivity index (χ2n) is 8.85. The minimum absolute atomic E-state index is 0.0502. The lowest BCUT2D eigenvalue weighted by Gasteiger charge is -2.29. The first kappa shape index (κ1) is 21.7. The molecule has 0 aromatic heterocycles. The molecule has 7 heteroatoms. The predicted molar refractivity (Wildman–Crippen MR) is 123 cm³/mol. The van der Waals surface area contributed by atoms with Gasteiger partial charge in [0.05, 0.1) is 18.7 Å². The number of hydrogen-bond acceptors (Lipinski definition) is 4. The van der Waals surface area contributed by atoms with E-state index in [-0.39, 0.29) is 17.9 Å². The van der Waals surface area contributed by atoms with Gasteiger partial charge in [-0.25, -0.2) is 0 Å². The molecular formula is C24H28ClN3O3. The standard InChI is InChI=1S/C24H28ClN3O3/c1-13(2)10-16-12-18(22(29)26-19-11-15(25)8-9-20(19)31-4)24(28-16)17-7-5-6-14(3)21(17)27-23(24)30/h5-9,11,13,16,18,28H,10,12H2,1-4H3,(H,26,29)(H,27,30)/t16-,18+,24-/m0/s1. The van der Waals surface area contributed by atoms with E-state index in [0.717, 1.165) is 23.2 Å². The number of benzene rings is 2. The molecule has 2 heterocycles. The smallest absolute Gasteiger partial charge is 0.250 e. The topological polar surface area (TPSA) is 79.5 Å². The molecule has 2 aliphatic rings. The first-order valence-corrected chi connectivity index (χ1v) is 11.0. The van der Waals surface area contributed by atoms with Crippen molar-refractivity contribution in [3.63, 3.8) is 0 Å². The van der Waals surface area contributed by atoms with Crippen LogP contribution in [0.5, 0.6) is 5.75 Å². The van der Waals surface area contributed by atoms with Crippen molar-refractivity contribution in [1.82, 2.24) is 5.32 Å². The third-order valence-corrected chi connectivity index (χ3v) is 6.50. The molecule has 0 unspecified atom stereocenters. The Kier molecular flexibility index (Phi) is 5.71. The molecule has 164 valence electrons. The summed E-state index contributed by atoms with van der Waals surface area (Å²) in [4.78, 5) is 27.0. The Hall–Kier alpha value is -2.57. The molecule has 3 atom stereocenters. The lowest BCUT2D eigenvalue weighted by Crippen LogP contribution is -2.52. The summed E-state index contributed by atoms with van der Waals surface area (Å²) in [5.41, 5.74) is 2.00. The average Bonchev–Trinajstić information content (AvgIpc) is 3.22. The van der Waals surface area contributed by atoms with Crippen LogP contribution >= 0.6 is 11.6 Å². The number of halogens is 1. The van der Waals surface area contributed by atoms with Crippen LogP contribution < -0.4 is 20.7 Å². The van der Waals surface area contributed by atoms with Crippen molar-refractivity contribution in [2.75, 3.05) is 17.7 Å². The normalized spacial score (nSPS) is 24.4. The number of amides is 2. The summed E-state index contributed by atoms with van der Waals surface area (Å²) in [6.45, 7) is 6.25. The molecule has 31 heavy (non-hydrogen) atoms. The van der Waals surface area contributed by atoms with E-state index in [2.05, 4.69) is 29.8 Å². The number of rotatable bonds is 5. The maximum atomic E-state index is 13.6. The molecule has 0 saturated carbocycles. The molecule has 3 N–H and O–H groups in total. The third-order valence-electron chi connectivity index (χ3n) is 6.26. The fourth-order valence-corrected chi connectivity index (χ4v) is 5.13. The zero-order valence-corrected chi connectivity index (χ0v) is 19.0.